The number of anilines is 1. The van der Waals surface area contributed by atoms with Gasteiger partial charge in [0, 0.05) is 29.9 Å². The predicted molar refractivity (Wildman–Crippen MR) is 158 cm³/mol. The number of ether oxygens (including phenoxy) is 1. The Hall–Kier alpha value is -4.62. The molecule has 4 aromatic rings. The van der Waals surface area contributed by atoms with Crippen molar-refractivity contribution in [3.8, 4) is 0 Å². The van der Waals surface area contributed by atoms with Gasteiger partial charge in [-0.05, 0) is 60.0 Å². The van der Waals surface area contributed by atoms with Gasteiger partial charge in [0.1, 0.15) is 0 Å². The zero-order valence-electron chi connectivity index (χ0n) is 22.8. The highest BCUT2D eigenvalue weighted by Crippen LogP contribution is 2.36. The maximum Gasteiger partial charge on any atom is 0.411 e. The summed E-state index contributed by atoms with van der Waals surface area (Å²) in [5, 5.41) is 3.44. The molecule has 1 aliphatic rings. The van der Waals surface area contributed by atoms with Crippen molar-refractivity contribution in [2.24, 2.45) is 0 Å². The molecule has 1 N–H and O–H groups in total. The van der Waals surface area contributed by atoms with Crippen molar-refractivity contribution >= 4 is 35.2 Å². The summed E-state index contributed by atoms with van der Waals surface area (Å²) in [6.07, 6.45) is -1.49. The standard InChI is InChI=1S/C33H30ClN3O4/c1-22-14-16-25(17-15-22)31(38)35-28-13-7-11-26(19-28)30-29(32(39)36(2)20-23-8-4-3-5-9-23)37(33(40)41-30)21-24-10-6-12-27(34)18-24/h3-19,29-30H,20-21H2,1-2H3,(H,35,38). The van der Waals surface area contributed by atoms with Crippen molar-refractivity contribution in [2.75, 3.05) is 12.4 Å². The summed E-state index contributed by atoms with van der Waals surface area (Å²) < 4.78 is 5.85. The third-order valence-corrected chi connectivity index (χ3v) is 7.24. The Kier molecular flexibility index (Phi) is 8.36. The number of nitrogens with zero attached hydrogens (tertiary/aromatic N) is 2. The fraction of sp³-hybridized carbons (Fsp3) is 0.182. The van der Waals surface area contributed by atoms with E-state index in [1.807, 2.05) is 55.5 Å². The van der Waals surface area contributed by atoms with E-state index < -0.39 is 18.2 Å². The molecule has 0 aromatic heterocycles. The Bertz CT molecular complexity index is 1560. The average molecular weight is 568 g/mol. The summed E-state index contributed by atoms with van der Waals surface area (Å²) in [5.41, 5.74) is 4.45. The van der Waals surface area contributed by atoms with Crippen molar-refractivity contribution in [1.82, 2.24) is 9.80 Å². The average Bonchev–Trinajstić information content (AvgIpc) is 3.29. The topological polar surface area (TPSA) is 79.0 Å². The van der Waals surface area contributed by atoms with E-state index in [-0.39, 0.29) is 18.4 Å². The summed E-state index contributed by atoms with van der Waals surface area (Å²) in [6, 6.07) is 30.2. The Balaban J connectivity index is 1.43. The lowest BCUT2D eigenvalue weighted by molar-refractivity contribution is -0.136. The van der Waals surface area contributed by atoms with Gasteiger partial charge in [-0.2, -0.15) is 0 Å². The molecule has 41 heavy (non-hydrogen) atoms. The van der Waals surface area contributed by atoms with E-state index in [0.717, 1.165) is 16.7 Å². The van der Waals surface area contributed by atoms with E-state index in [1.165, 1.54) is 4.90 Å². The summed E-state index contributed by atoms with van der Waals surface area (Å²) in [4.78, 5) is 43.1. The molecule has 0 spiro atoms. The molecule has 5 rings (SSSR count). The maximum atomic E-state index is 14.0. The first-order chi connectivity index (χ1) is 19.8. The van der Waals surface area contributed by atoms with Gasteiger partial charge < -0.3 is 15.0 Å². The number of cyclic esters (lactones) is 1. The van der Waals surface area contributed by atoms with E-state index in [2.05, 4.69) is 5.32 Å². The zero-order chi connectivity index (χ0) is 28.9. The van der Waals surface area contributed by atoms with Crippen LogP contribution < -0.4 is 5.32 Å². The highest BCUT2D eigenvalue weighted by molar-refractivity contribution is 6.30. The van der Waals surface area contributed by atoms with Gasteiger partial charge in [0.2, 0.25) is 5.91 Å². The number of amides is 3. The molecule has 208 valence electrons. The molecule has 8 heteroatoms. The van der Waals surface area contributed by atoms with Crippen LogP contribution in [-0.2, 0) is 22.6 Å². The number of hydrogen-bond donors (Lipinski definition) is 1. The molecule has 4 aromatic carbocycles. The Morgan fingerprint density at radius 2 is 1.61 bits per heavy atom. The largest absolute Gasteiger partial charge is 0.438 e. The van der Waals surface area contributed by atoms with Crippen LogP contribution in [0.15, 0.2) is 103 Å². The number of benzene rings is 4. The Labute approximate surface area is 244 Å². The number of aryl methyl sites for hydroxylation is 1. The van der Waals surface area contributed by atoms with Crippen LogP contribution >= 0.6 is 11.6 Å². The van der Waals surface area contributed by atoms with Gasteiger partial charge in [-0.3, -0.25) is 14.5 Å². The number of nitrogens with one attached hydrogen (secondary N) is 1. The van der Waals surface area contributed by atoms with E-state index in [4.69, 9.17) is 16.3 Å². The minimum Gasteiger partial charge on any atom is -0.438 e. The minimum atomic E-state index is -0.932. The third kappa shape index (κ3) is 6.58. The molecule has 1 saturated heterocycles. The first kappa shape index (κ1) is 27.9. The summed E-state index contributed by atoms with van der Waals surface area (Å²) in [5.74, 6) is -0.524. The fourth-order valence-electron chi connectivity index (χ4n) is 4.89. The van der Waals surface area contributed by atoms with Crippen LogP contribution in [0, 0.1) is 6.92 Å². The lowest BCUT2D eigenvalue weighted by Gasteiger charge is -2.28. The van der Waals surface area contributed by atoms with Crippen LogP contribution in [0.4, 0.5) is 10.5 Å². The second kappa shape index (κ2) is 12.3. The third-order valence-electron chi connectivity index (χ3n) is 7.01. The van der Waals surface area contributed by atoms with Crippen molar-refractivity contribution in [3.05, 3.63) is 136 Å². The quantitative estimate of drug-likeness (QED) is 0.259. The molecular weight excluding hydrogens is 538 g/mol. The first-order valence-electron chi connectivity index (χ1n) is 13.3. The van der Waals surface area contributed by atoms with Crippen LogP contribution in [0.1, 0.15) is 38.7 Å². The molecule has 2 unspecified atom stereocenters. The monoisotopic (exact) mass is 567 g/mol. The van der Waals surface area contributed by atoms with Crippen molar-refractivity contribution in [1.29, 1.82) is 0 Å². The van der Waals surface area contributed by atoms with Crippen molar-refractivity contribution in [2.45, 2.75) is 32.2 Å². The molecular formula is C33H30ClN3O4. The Morgan fingerprint density at radius 3 is 2.34 bits per heavy atom. The molecule has 0 saturated carbocycles. The van der Waals surface area contributed by atoms with Gasteiger partial charge in [0.25, 0.3) is 5.91 Å². The summed E-state index contributed by atoms with van der Waals surface area (Å²) in [7, 11) is 1.71. The Morgan fingerprint density at radius 1 is 0.902 bits per heavy atom. The minimum absolute atomic E-state index is 0.148. The highest BCUT2D eigenvalue weighted by Gasteiger charge is 2.48. The maximum absolute atomic E-state index is 14.0. The zero-order valence-corrected chi connectivity index (χ0v) is 23.5. The highest BCUT2D eigenvalue weighted by atomic mass is 35.5. The van der Waals surface area contributed by atoms with Crippen molar-refractivity contribution < 1.29 is 19.1 Å². The van der Waals surface area contributed by atoms with Gasteiger partial charge in [-0.15, -0.1) is 0 Å². The van der Waals surface area contributed by atoms with Gasteiger partial charge >= 0.3 is 6.09 Å². The SMILES string of the molecule is Cc1ccc(C(=O)Nc2cccc(C3OC(=O)N(Cc4cccc(Cl)c4)C3C(=O)N(C)Cc3ccccc3)c2)cc1. The molecule has 0 aliphatic carbocycles. The smallest absolute Gasteiger partial charge is 0.411 e. The van der Waals surface area contributed by atoms with Crippen LogP contribution in [0.25, 0.3) is 0 Å². The summed E-state index contributed by atoms with van der Waals surface area (Å²) in [6.45, 7) is 2.47. The van der Waals surface area contributed by atoms with E-state index in [9.17, 15) is 14.4 Å². The molecule has 1 aliphatic heterocycles. The lowest BCUT2D eigenvalue weighted by Crippen LogP contribution is -2.46. The van der Waals surface area contributed by atoms with E-state index in [1.54, 1.807) is 66.5 Å². The molecule has 3 amide bonds. The fourth-order valence-corrected chi connectivity index (χ4v) is 5.10. The van der Waals surface area contributed by atoms with E-state index >= 15 is 0 Å². The second-order valence-electron chi connectivity index (χ2n) is 10.1. The second-order valence-corrected chi connectivity index (χ2v) is 10.6. The molecule has 0 bridgehead atoms. The van der Waals surface area contributed by atoms with Crippen LogP contribution in [-0.4, -0.2) is 40.8 Å². The number of carbonyl (C=O) groups is 3. The lowest BCUT2D eigenvalue weighted by atomic mass is 9.99. The van der Waals surface area contributed by atoms with E-state index in [0.29, 0.717) is 28.4 Å². The molecule has 1 fully saturated rings. The van der Waals surface area contributed by atoms with Gasteiger partial charge in [-0.25, -0.2) is 4.79 Å². The van der Waals surface area contributed by atoms with Gasteiger partial charge in [0.15, 0.2) is 12.1 Å². The summed E-state index contributed by atoms with van der Waals surface area (Å²) >= 11 is 6.20. The van der Waals surface area contributed by atoms with Crippen LogP contribution in [0.2, 0.25) is 5.02 Å². The molecule has 2 atom stereocenters. The van der Waals surface area contributed by atoms with Gasteiger partial charge in [0.05, 0.1) is 6.54 Å². The number of carbonyl (C=O) groups excluding carboxylic acids is 3. The molecule has 0 radical (unpaired) electrons. The normalized spacial score (nSPS) is 16.3. The first-order valence-corrected chi connectivity index (χ1v) is 13.6. The molecule has 1 heterocycles. The number of likely N-dealkylation sites (N-methyl/N-ethyl adjacent to an activating group) is 1. The number of hydrogen-bond acceptors (Lipinski definition) is 4. The number of rotatable bonds is 8. The molecule has 7 nitrogen and oxygen atoms in total. The van der Waals surface area contributed by atoms with Crippen LogP contribution in [0.3, 0.4) is 0 Å². The van der Waals surface area contributed by atoms with Gasteiger partial charge in [-0.1, -0.05) is 83.9 Å². The predicted octanol–water partition coefficient (Wildman–Crippen LogP) is 6.62. The van der Waals surface area contributed by atoms with Crippen LogP contribution in [0.5, 0.6) is 0 Å². The van der Waals surface area contributed by atoms with Crippen molar-refractivity contribution in [3.63, 3.8) is 0 Å². The number of halogens is 1.